The van der Waals surface area contributed by atoms with Crippen molar-refractivity contribution in [3.63, 3.8) is 0 Å². The second-order valence-corrected chi connectivity index (χ2v) is 4.05. The molecule has 0 aromatic heterocycles. The molecule has 1 aliphatic heterocycles. The number of piperidine rings is 1. The van der Waals surface area contributed by atoms with E-state index >= 15 is 0 Å². The highest BCUT2D eigenvalue weighted by atomic mass is 16.2. The van der Waals surface area contributed by atoms with E-state index in [4.69, 9.17) is 5.73 Å². The van der Waals surface area contributed by atoms with Gasteiger partial charge in [-0.2, -0.15) is 0 Å². The Morgan fingerprint density at radius 2 is 1.64 bits per heavy atom. The number of amides is 3. The summed E-state index contributed by atoms with van der Waals surface area (Å²) in [6.07, 6.45) is 1.56. The van der Waals surface area contributed by atoms with Gasteiger partial charge in [0.25, 0.3) is 0 Å². The first-order valence-corrected chi connectivity index (χ1v) is 4.72. The van der Waals surface area contributed by atoms with E-state index in [0.717, 1.165) is 0 Å². The second kappa shape index (κ2) is 3.08. The maximum atomic E-state index is 11.3. The van der Waals surface area contributed by atoms with Crippen molar-refractivity contribution >= 4 is 17.7 Å². The fourth-order valence-electron chi connectivity index (χ4n) is 2.31. The summed E-state index contributed by atoms with van der Waals surface area (Å²) in [5.41, 5.74) is 5.18. The number of hydrogen-bond donors (Lipinski definition) is 2. The molecule has 3 N–H and O–H groups in total. The summed E-state index contributed by atoms with van der Waals surface area (Å²) in [5.74, 6) is -1.63. The molecule has 0 aromatic rings. The van der Waals surface area contributed by atoms with Crippen molar-refractivity contribution < 1.29 is 14.4 Å². The zero-order valence-electron chi connectivity index (χ0n) is 7.66. The number of carbonyl (C=O) groups excluding carboxylic acids is 3. The van der Waals surface area contributed by atoms with Crippen LogP contribution in [0.3, 0.4) is 0 Å². The molecule has 0 radical (unpaired) electrons. The Kier molecular flexibility index (Phi) is 2.02. The van der Waals surface area contributed by atoms with Crippen molar-refractivity contribution in [3.05, 3.63) is 0 Å². The zero-order valence-corrected chi connectivity index (χ0v) is 7.66. The lowest BCUT2D eigenvalue weighted by atomic mass is 9.72. The molecule has 1 saturated heterocycles. The van der Waals surface area contributed by atoms with Crippen LogP contribution in [0.1, 0.15) is 19.3 Å². The van der Waals surface area contributed by atoms with Gasteiger partial charge in [0.2, 0.25) is 17.7 Å². The lowest BCUT2D eigenvalue weighted by Crippen LogP contribution is -2.51. The fourth-order valence-corrected chi connectivity index (χ4v) is 2.31. The van der Waals surface area contributed by atoms with Crippen LogP contribution >= 0.6 is 0 Å². The molecule has 2 rings (SSSR count). The lowest BCUT2D eigenvalue weighted by molar-refractivity contribution is -0.144. The van der Waals surface area contributed by atoms with Crippen molar-refractivity contribution in [2.24, 2.45) is 23.5 Å². The van der Waals surface area contributed by atoms with E-state index in [0.29, 0.717) is 19.3 Å². The molecular formula is C9H12N2O3. The van der Waals surface area contributed by atoms with Crippen LogP contribution in [0.15, 0.2) is 0 Å². The predicted molar refractivity (Wildman–Crippen MR) is 46.7 cm³/mol. The minimum atomic E-state index is -0.401. The molecule has 2 unspecified atom stereocenters. The summed E-state index contributed by atoms with van der Waals surface area (Å²) in [7, 11) is 0. The van der Waals surface area contributed by atoms with Crippen molar-refractivity contribution in [2.75, 3.05) is 0 Å². The van der Waals surface area contributed by atoms with Gasteiger partial charge in [0.1, 0.15) is 0 Å². The van der Waals surface area contributed by atoms with Crippen LogP contribution in [0.2, 0.25) is 0 Å². The third-order valence-electron chi connectivity index (χ3n) is 3.10. The highest BCUT2D eigenvalue weighted by Gasteiger charge is 2.42. The molecule has 2 aliphatic rings. The molecular weight excluding hydrogens is 184 g/mol. The number of hydrogen-bond acceptors (Lipinski definition) is 3. The van der Waals surface area contributed by atoms with Crippen LogP contribution in [0, 0.1) is 17.8 Å². The Morgan fingerprint density at radius 3 is 2.07 bits per heavy atom. The molecule has 1 saturated carbocycles. The first-order chi connectivity index (χ1) is 6.58. The largest absolute Gasteiger partial charge is 0.369 e. The average molecular weight is 196 g/mol. The number of nitrogens with one attached hydrogen (secondary N) is 1. The Bertz CT molecular complexity index is 291. The van der Waals surface area contributed by atoms with E-state index in [2.05, 4.69) is 5.32 Å². The van der Waals surface area contributed by atoms with Gasteiger partial charge in [0.15, 0.2) is 0 Å². The van der Waals surface area contributed by atoms with Crippen LogP contribution in [0.25, 0.3) is 0 Å². The standard InChI is InChI=1S/C9H12N2O3/c10-7(12)4-1-5-3-6(2-4)9(14)11-8(5)13/h4-6H,1-3H2,(H2,10,12)(H,11,13,14). The number of fused-ring (bicyclic) bond motifs is 2. The van der Waals surface area contributed by atoms with E-state index in [1.54, 1.807) is 0 Å². The average Bonchev–Trinajstić information content (AvgIpc) is 2.15. The topological polar surface area (TPSA) is 89.3 Å². The summed E-state index contributed by atoms with van der Waals surface area (Å²) in [6.45, 7) is 0. The summed E-state index contributed by atoms with van der Waals surface area (Å²) < 4.78 is 0. The Hall–Kier alpha value is -1.39. The first kappa shape index (κ1) is 9.18. The summed E-state index contributed by atoms with van der Waals surface area (Å²) in [6, 6.07) is 0. The van der Waals surface area contributed by atoms with Crippen molar-refractivity contribution in [1.82, 2.24) is 5.32 Å². The smallest absolute Gasteiger partial charge is 0.229 e. The fraction of sp³-hybridized carbons (Fsp3) is 0.667. The Balaban J connectivity index is 2.17. The van der Waals surface area contributed by atoms with Crippen LogP contribution in [-0.2, 0) is 14.4 Å². The van der Waals surface area contributed by atoms with Gasteiger partial charge in [-0.1, -0.05) is 0 Å². The van der Waals surface area contributed by atoms with Gasteiger partial charge in [0.05, 0.1) is 0 Å². The molecule has 0 spiro atoms. The van der Waals surface area contributed by atoms with Crippen molar-refractivity contribution in [2.45, 2.75) is 19.3 Å². The minimum absolute atomic E-state index is 0.205. The zero-order chi connectivity index (χ0) is 10.3. The summed E-state index contributed by atoms with van der Waals surface area (Å²) in [5, 5.41) is 2.31. The number of rotatable bonds is 1. The van der Waals surface area contributed by atoms with E-state index in [1.165, 1.54) is 0 Å². The molecule has 0 aromatic carbocycles. The maximum absolute atomic E-state index is 11.3. The Morgan fingerprint density at radius 1 is 1.14 bits per heavy atom. The van der Waals surface area contributed by atoms with Crippen LogP contribution < -0.4 is 11.1 Å². The minimum Gasteiger partial charge on any atom is -0.369 e. The summed E-state index contributed by atoms with van der Waals surface area (Å²) in [4.78, 5) is 33.6. The quantitative estimate of drug-likeness (QED) is 0.536. The SMILES string of the molecule is NC(=O)C1CC2CC(C1)C(=O)NC2=O. The predicted octanol–water partition coefficient (Wildman–Crippen LogP) is -0.839. The van der Waals surface area contributed by atoms with Gasteiger partial charge in [-0.3, -0.25) is 19.7 Å². The molecule has 14 heavy (non-hydrogen) atoms. The molecule has 2 atom stereocenters. The molecule has 2 bridgehead atoms. The van der Waals surface area contributed by atoms with Crippen LogP contribution in [-0.4, -0.2) is 17.7 Å². The maximum Gasteiger partial charge on any atom is 0.229 e. The molecule has 5 nitrogen and oxygen atoms in total. The molecule has 76 valence electrons. The third-order valence-corrected chi connectivity index (χ3v) is 3.10. The van der Waals surface area contributed by atoms with E-state index < -0.39 is 5.91 Å². The monoisotopic (exact) mass is 196 g/mol. The highest BCUT2D eigenvalue weighted by molar-refractivity contribution is 6.00. The number of primary amides is 1. The van der Waals surface area contributed by atoms with E-state index in [9.17, 15) is 14.4 Å². The molecule has 2 fully saturated rings. The first-order valence-electron chi connectivity index (χ1n) is 4.72. The van der Waals surface area contributed by atoms with Crippen LogP contribution in [0.5, 0.6) is 0 Å². The molecule has 3 amide bonds. The highest BCUT2D eigenvalue weighted by Crippen LogP contribution is 2.36. The molecule has 1 aliphatic carbocycles. The molecule has 5 heteroatoms. The third kappa shape index (κ3) is 1.38. The van der Waals surface area contributed by atoms with Gasteiger partial charge < -0.3 is 5.73 Å². The van der Waals surface area contributed by atoms with Gasteiger partial charge in [-0.15, -0.1) is 0 Å². The van der Waals surface area contributed by atoms with Gasteiger partial charge in [-0.05, 0) is 19.3 Å². The second-order valence-electron chi connectivity index (χ2n) is 4.05. The number of imide groups is 1. The van der Waals surface area contributed by atoms with Gasteiger partial charge in [-0.25, -0.2) is 0 Å². The van der Waals surface area contributed by atoms with Crippen molar-refractivity contribution in [3.8, 4) is 0 Å². The van der Waals surface area contributed by atoms with Gasteiger partial charge in [0, 0.05) is 17.8 Å². The van der Waals surface area contributed by atoms with Gasteiger partial charge >= 0.3 is 0 Å². The summed E-state index contributed by atoms with van der Waals surface area (Å²) >= 11 is 0. The number of nitrogens with two attached hydrogens (primary N) is 1. The van der Waals surface area contributed by atoms with E-state index in [1.807, 2.05) is 0 Å². The number of carbonyl (C=O) groups is 3. The normalized spacial score (nSPS) is 36.4. The van der Waals surface area contributed by atoms with Crippen LogP contribution in [0.4, 0.5) is 0 Å². The lowest BCUT2D eigenvalue weighted by Gasteiger charge is -2.35. The van der Waals surface area contributed by atoms with Crippen molar-refractivity contribution in [1.29, 1.82) is 0 Å². The Labute approximate surface area is 81.0 Å². The molecule has 1 heterocycles. The van der Waals surface area contributed by atoms with E-state index in [-0.39, 0.29) is 29.6 Å².